The van der Waals surface area contributed by atoms with Crippen LogP contribution in [0.15, 0.2) is 36.5 Å². The highest BCUT2D eigenvalue weighted by Crippen LogP contribution is 2.19. The Morgan fingerprint density at radius 2 is 1.89 bits per heavy atom. The number of carbonyl (C=O) groups excluding carboxylic acids is 2. The number of likely N-dealkylation sites (tertiary alicyclic amines) is 1. The van der Waals surface area contributed by atoms with E-state index in [1.54, 1.807) is 6.20 Å². The smallest absolute Gasteiger partial charge is 0.407 e. The van der Waals surface area contributed by atoms with Crippen LogP contribution in [0.4, 0.5) is 4.79 Å². The Kier molecular flexibility index (Phi) is 5.63. The van der Waals surface area contributed by atoms with Crippen molar-refractivity contribution in [2.45, 2.75) is 51.7 Å². The van der Waals surface area contributed by atoms with Crippen molar-refractivity contribution in [1.29, 1.82) is 0 Å². The van der Waals surface area contributed by atoms with Crippen LogP contribution in [0.3, 0.4) is 0 Å². The minimum absolute atomic E-state index is 0.0446. The first-order valence-corrected chi connectivity index (χ1v) is 9.42. The number of piperidine rings is 1. The molecule has 1 aliphatic rings. The Morgan fingerprint density at radius 1 is 1.19 bits per heavy atom. The summed E-state index contributed by atoms with van der Waals surface area (Å²) in [7, 11) is 0. The van der Waals surface area contributed by atoms with Crippen molar-refractivity contribution in [3.05, 3.63) is 42.1 Å². The number of ether oxygens (including phenoxy) is 1. The fourth-order valence-electron chi connectivity index (χ4n) is 3.33. The predicted molar refractivity (Wildman–Crippen MR) is 104 cm³/mol. The van der Waals surface area contributed by atoms with Gasteiger partial charge in [-0.25, -0.2) is 4.79 Å². The molecule has 1 aliphatic heterocycles. The second-order valence-corrected chi connectivity index (χ2v) is 7.97. The number of nitrogens with zero attached hydrogens (tertiary/aromatic N) is 2. The Morgan fingerprint density at radius 3 is 2.59 bits per heavy atom. The SMILES string of the molecule is CC(C)(C)OC(=O)NC1CCN(C(=O)Cc2cccc3cccnc23)CC1. The van der Waals surface area contributed by atoms with Crippen molar-refractivity contribution in [2.75, 3.05) is 13.1 Å². The molecule has 0 saturated carbocycles. The van der Waals surface area contributed by atoms with Gasteiger partial charge >= 0.3 is 6.09 Å². The summed E-state index contributed by atoms with van der Waals surface area (Å²) in [5.74, 6) is 0.101. The summed E-state index contributed by atoms with van der Waals surface area (Å²) < 4.78 is 5.30. The lowest BCUT2D eigenvalue weighted by Crippen LogP contribution is -2.48. The molecule has 2 aromatic rings. The van der Waals surface area contributed by atoms with Crippen LogP contribution >= 0.6 is 0 Å². The molecule has 2 heterocycles. The number of aromatic nitrogens is 1. The zero-order valence-corrected chi connectivity index (χ0v) is 16.2. The number of hydrogen-bond donors (Lipinski definition) is 1. The first kappa shape index (κ1) is 19.1. The quantitative estimate of drug-likeness (QED) is 0.901. The van der Waals surface area contributed by atoms with Gasteiger partial charge in [0.2, 0.25) is 5.91 Å². The van der Waals surface area contributed by atoms with Gasteiger partial charge in [-0.2, -0.15) is 0 Å². The highest BCUT2D eigenvalue weighted by Gasteiger charge is 2.26. The molecule has 0 radical (unpaired) electrons. The molecule has 0 spiro atoms. The summed E-state index contributed by atoms with van der Waals surface area (Å²) in [6.07, 6.45) is 3.18. The predicted octanol–water partition coefficient (Wildman–Crippen LogP) is 3.29. The fraction of sp³-hybridized carbons (Fsp3) is 0.476. The molecule has 6 nitrogen and oxygen atoms in total. The molecular weight excluding hydrogens is 342 g/mol. The molecule has 1 saturated heterocycles. The van der Waals surface area contributed by atoms with Crippen LogP contribution in [0.5, 0.6) is 0 Å². The molecule has 1 fully saturated rings. The minimum atomic E-state index is -0.507. The fourth-order valence-corrected chi connectivity index (χ4v) is 3.33. The van der Waals surface area contributed by atoms with Crippen LogP contribution in [-0.4, -0.2) is 46.6 Å². The number of pyridine rings is 1. The van der Waals surface area contributed by atoms with E-state index in [4.69, 9.17) is 4.74 Å². The van der Waals surface area contributed by atoms with E-state index in [1.807, 2.05) is 56.0 Å². The van der Waals surface area contributed by atoms with Gasteiger partial charge in [0.05, 0.1) is 11.9 Å². The molecule has 2 amide bonds. The maximum Gasteiger partial charge on any atom is 0.407 e. The third-order valence-electron chi connectivity index (χ3n) is 4.63. The maximum atomic E-state index is 12.7. The molecule has 3 rings (SSSR count). The summed E-state index contributed by atoms with van der Waals surface area (Å²) in [4.78, 5) is 30.9. The van der Waals surface area contributed by atoms with Gasteiger partial charge in [0.15, 0.2) is 0 Å². The van der Waals surface area contributed by atoms with E-state index >= 15 is 0 Å². The Labute approximate surface area is 159 Å². The zero-order chi connectivity index (χ0) is 19.4. The summed E-state index contributed by atoms with van der Waals surface area (Å²) >= 11 is 0. The Bertz CT molecular complexity index is 816. The van der Waals surface area contributed by atoms with Crippen molar-refractivity contribution in [1.82, 2.24) is 15.2 Å². The molecule has 1 N–H and O–H groups in total. The van der Waals surface area contributed by atoms with Gasteiger partial charge in [-0.3, -0.25) is 9.78 Å². The number of rotatable bonds is 3. The number of benzene rings is 1. The van der Waals surface area contributed by atoms with E-state index in [9.17, 15) is 9.59 Å². The van der Waals surface area contributed by atoms with E-state index in [1.165, 1.54) is 0 Å². The van der Waals surface area contributed by atoms with Gasteiger partial charge in [-0.05, 0) is 45.2 Å². The number of fused-ring (bicyclic) bond motifs is 1. The van der Waals surface area contributed by atoms with Crippen LogP contribution in [0.1, 0.15) is 39.2 Å². The Hall–Kier alpha value is -2.63. The van der Waals surface area contributed by atoms with Crippen LogP contribution in [0, 0.1) is 0 Å². The molecular formula is C21H27N3O3. The molecule has 27 heavy (non-hydrogen) atoms. The summed E-state index contributed by atoms with van der Waals surface area (Å²) in [5, 5.41) is 3.94. The molecule has 144 valence electrons. The van der Waals surface area contributed by atoms with E-state index in [2.05, 4.69) is 10.3 Å². The third kappa shape index (κ3) is 5.18. The number of amides is 2. The molecule has 6 heteroatoms. The van der Waals surface area contributed by atoms with Crippen molar-refractivity contribution in [2.24, 2.45) is 0 Å². The average molecular weight is 369 g/mol. The normalized spacial score (nSPS) is 15.6. The zero-order valence-electron chi connectivity index (χ0n) is 16.2. The molecule has 0 atom stereocenters. The van der Waals surface area contributed by atoms with Crippen molar-refractivity contribution >= 4 is 22.9 Å². The lowest BCUT2D eigenvalue weighted by atomic mass is 10.0. The molecule has 0 bridgehead atoms. The van der Waals surface area contributed by atoms with Crippen LogP contribution in [-0.2, 0) is 16.0 Å². The van der Waals surface area contributed by atoms with Crippen molar-refractivity contribution in [3.8, 4) is 0 Å². The highest BCUT2D eigenvalue weighted by molar-refractivity contribution is 5.87. The number of hydrogen-bond acceptors (Lipinski definition) is 4. The molecule has 0 aliphatic carbocycles. The van der Waals surface area contributed by atoms with Crippen LogP contribution < -0.4 is 5.32 Å². The van der Waals surface area contributed by atoms with E-state index in [0.29, 0.717) is 19.5 Å². The maximum absolute atomic E-state index is 12.7. The first-order valence-electron chi connectivity index (χ1n) is 9.42. The van der Waals surface area contributed by atoms with Gasteiger partial charge < -0.3 is 15.0 Å². The van der Waals surface area contributed by atoms with Crippen LogP contribution in [0.2, 0.25) is 0 Å². The topological polar surface area (TPSA) is 71.5 Å². The lowest BCUT2D eigenvalue weighted by molar-refractivity contribution is -0.131. The first-order chi connectivity index (χ1) is 12.8. The second kappa shape index (κ2) is 7.94. The van der Waals surface area contributed by atoms with Gasteiger partial charge in [0.25, 0.3) is 0 Å². The number of carbonyl (C=O) groups is 2. The number of nitrogens with one attached hydrogen (secondary N) is 1. The molecule has 1 aromatic carbocycles. The highest BCUT2D eigenvalue weighted by atomic mass is 16.6. The standard InChI is InChI=1S/C21H27N3O3/c1-21(2,3)27-20(26)23-17-9-12-24(13-10-17)18(25)14-16-7-4-6-15-8-5-11-22-19(15)16/h4-8,11,17H,9-10,12-14H2,1-3H3,(H,23,26). The van der Waals surface area contributed by atoms with E-state index < -0.39 is 11.7 Å². The molecule has 0 unspecified atom stereocenters. The van der Waals surface area contributed by atoms with E-state index in [0.717, 1.165) is 29.3 Å². The van der Waals surface area contributed by atoms with Crippen molar-refractivity contribution in [3.63, 3.8) is 0 Å². The number of para-hydroxylation sites is 1. The van der Waals surface area contributed by atoms with E-state index in [-0.39, 0.29) is 11.9 Å². The van der Waals surface area contributed by atoms with Crippen molar-refractivity contribution < 1.29 is 14.3 Å². The third-order valence-corrected chi connectivity index (χ3v) is 4.63. The van der Waals surface area contributed by atoms with Crippen LogP contribution in [0.25, 0.3) is 10.9 Å². The minimum Gasteiger partial charge on any atom is -0.444 e. The van der Waals surface area contributed by atoms with Gasteiger partial charge in [0.1, 0.15) is 5.60 Å². The van der Waals surface area contributed by atoms with Gasteiger partial charge in [0, 0.05) is 30.7 Å². The molecule has 1 aromatic heterocycles. The monoisotopic (exact) mass is 369 g/mol. The Balaban J connectivity index is 1.53. The largest absolute Gasteiger partial charge is 0.444 e. The lowest BCUT2D eigenvalue weighted by Gasteiger charge is -2.33. The summed E-state index contributed by atoms with van der Waals surface area (Å²) in [6.45, 7) is 6.80. The van der Waals surface area contributed by atoms with Gasteiger partial charge in [-0.1, -0.05) is 24.3 Å². The summed E-state index contributed by atoms with van der Waals surface area (Å²) in [6, 6.07) is 9.88. The van der Waals surface area contributed by atoms with Gasteiger partial charge in [-0.15, -0.1) is 0 Å². The average Bonchev–Trinajstić information content (AvgIpc) is 2.61. The summed E-state index contributed by atoms with van der Waals surface area (Å²) in [5.41, 5.74) is 1.33. The number of alkyl carbamates (subject to hydrolysis) is 1. The second-order valence-electron chi connectivity index (χ2n) is 7.97.